The Morgan fingerprint density at radius 3 is 2.95 bits per heavy atom. The summed E-state index contributed by atoms with van der Waals surface area (Å²) in [6, 6.07) is 9.61. The number of amides is 2. The third kappa shape index (κ3) is 3.46. The van der Waals surface area contributed by atoms with Crippen molar-refractivity contribution in [2.24, 2.45) is 7.05 Å². The Morgan fingerprint density at radius 1 is 1.41 bits per heavy atom. The van der Waals surface area contributed by atoms with Crippen LogP contribution in [0.5, 0.6) is 0 Å². The minimum atomic E-state index is -0.258. The van der Waals surface area contributed by atoms with Gasteiger partial charge in [0.15, 0.2) is 5.82 Å². The summed E-state index contributed by atoms with van der Waals surface area (Å²) in [5.41, 5.74) is 1.92. The number of hydrogen-bond acceptors (Lipinski definition) is 3. The van der Waals surface area contributed by atoms with Crippen molar-refractivity contribution in [3.05, 3.63) is 36.5 Å². The SMILES string of the molecule is Cn1cc(-c2ccccc2)c(NC(=O)NC[C@H]2CCCO2)n1. The van der Waals surface area contributed by atoms with Crippen molar-refractivity contribution in [1.29, 1.82) is 0 Å². The van der Waals surface area contributed by atoms with Crippen LogP contribution in [0, 0.1) is 0 Å². The number of nitrogens with one attached hydrogen (secondary N) is 2. The van der Waals surface area contributed by atoms with Crippen molar-refractivity contribution in [3.63, 3.8) is 0 Å². The third-order valence-corrected chi connectivity index (χ3v) is 3.66. The van der Waals surface area contributed by atoms with E-state index in [1.165, 1.54) is 0 Å². The summed E-state index contributed by atoms with van der Waals surface area (Å²) in [5, 5.41) is 9.97. The Hall–Kier alpha value is -2.34. The summed E-state index contributed by atoms with van der Waals surface area (Å²) in [7, 11) is 1.84. The van der Waals surface area contributed by atoms with Crippen LogP contribution in [0.4, 0.5) is 10.6 Å². The lowest BCUT2D eigenvalue weighted by Crippen LogP contribution is -2.35. The minimum Gasteiger partial charge on any atom is -0.376 e. The molecule has 0 aliphatic carbocycles. The van der Waals surface area contributed by atoms with Gasteiger partial charge >= 0.3 is 6.03 Å². The van der Waals surface area contributed by atoms with E-state index in [0.717, 1.165) is 30.6 Å². The average Bonchev–Trinajstić information content (AvgIpc) is 3.16. The first-order valence-corrected chi connectivity index (χ1v) is 7.48. The second kappa shape index (κ2) is 6.62. The van der Waals surface area contributed by atoms with Gasteiger partial charge in [-0.05, 0) is 18.4 Å². The molecule has 1 fully saturated rings. The van der Waals surface area contributed by atoms with Gasteiger partial charge in [-0.3, -0.25) is 10.00 Å². The minimum absolute atomic E-state index is 0.128. The van der Waals surface area contributed by atoms with E-state index in [4.69, 9.17) is 4.74 Å². The zero-order valence-electron chi connectivity index (χ0n) is 12.6. The predicted octanol–water partition coefficient (Wildman–Crippen LogP) is 2.39. The molecule has 0 bridgehead atoms. The molecular weight excluding hydrogens is 280 g/mol. The molecule has 0 spiro atoms. The van der Waals surface area contributed by atoms with Crippen molar-refractivity contribution >= 4 is 11.8 Å². The van der Waals surface area contributed by atoms with Crippen LogP contribution in [-0.2, 0) is 11.8 Å². The number of benzene rings is 1. The van der Waals surface area contributed by atoms with Gasteiger partial charge in [-0.2, -0.15) is 5.10 Å². The smallest absolute Gasteiger partial charge is 0.320 e. The maximum absolute atomic E-state index is 12.0. The molecular formula is C16H20N4O2. The summed E-state index contributed by atoms with van der Waals surface area (Å²) < 4.78 is 7.18. The molecule has 6 nitrogen and oxygen atoms in total. The fraction of sp³-hybridized carbons (Fsp3) is 0.375. The van der Waals surface area contributed by atoms with E-state index < -0.39 is 0 Å². The number of anilines is 1. The highest BCUT2D eigenvalue weighted by atomic mass is 16.5. The number of hydrogen-bond donors (Lipinski definition) is 2. The molecule has 6 heteroatoms. The molecule has 2 N–H and O–H groups in total. The molecule has 3 rings (SSSR count). The van der Waals surface area contributed by atoms with Gasteiger partial charge in [0.25, 0.3) is 0 Å². The molecule has 0 unspecified atom stereocenters. The second-order valence-corrected chi connectivity index (χ2v) is 5.40. The summed E-state index contributed by atoms with van der Waals surface area (Å²) >= 11 is 0. The molecule has 1 aromatic carbocycles. The number of aromatic nitrogens is 2. The molecule has 1 atom stereocenters. The predicted molar refractivity (Wildman–Crippen MR) is 84.6 cm³/mol. The first-order valence-electron chi connectivity index (χ1n) is 7.48. The van der Waals surface area contributed by atoms with Gasteiger partial charge in [0.2, 0.25) is 0 Å². The lowest BCUT2D eigenvalue weighted by molar-refractivity contribution is 0.112. The molecule has 2 aromatic rings. The largest absolute Gasteiger partial charge is 0.376 e. The Bertz CT molecular complexity index is 633. The number of ether oxygens (including phenoxy) is 1. The summed E-state index contributed by atoms with van der Waals surface area (Å²) in [6.07, 6.45) is 4.08. The number of rotatable bonds is 4. The summed E-state index contributed by atoms with van der Waals surface area (Å²) in [5.74, 6) is 0.554. The highest BCUT2D eigenvalue weighted by Gasteiger charge is 2.17. The molecule has 0 radical (unpaired) electrons. The third-order valence-electron chi connectivity index (χ3n) is 3.66. The maximum Gasteiger partial charge on any atom is 0.320 e. The Labute approximate surface area is 129 Å². The Balaban J connectivity index is 1.65. The molecule has 0 saturated carbocycles. The van der Waals surface area contributed by atoms with Crippen molar-refractivity contribution in [2.45, 2.75) is 18.9 Å². The summed E-state index contributed by atoms with van der Waals surface area (Å²) in [6.45, 7) is 1.31. The van der Waals surface area contributed by atoms with Crippen LogP contribution >= 0.6 is 0 Å². The van der Waals surface area contributed by atoms with Gasteiger partial charge in [0.05, 0.1) is 6.10 Å². The zero-order valence-corrected chi connectivity index (χ0v) is 12.6. The molecule has 2 amide bonds. The van der Waals surface area contributed by atoms with Crippen molar-refractivity contribution < 1.29 is 9.53 Å². The van der Waals surface area contributed by atoms with Gasteiger partial charge in [-0.15, -0.1) is 0 Å². The van der Waals surface area contributed by atoms with Gasteiger partial charge in [0.1, 0.15) is 0 Å². The second-order valence-electron chi connectivity index (χ2n) is 5.40. The lowest BCUT2D eigenvalue weighted by Gasteiger charge is -2.11. The number of aryl methyl sites for hydroxylation is 1. The zero-order chi connectivity index (χ0) is 15.4. The monoisotopic (exact) mass is 300 g/mol. The van der Waals surface area contributed by atoms with E-state index >= 15 is 0 Å². The van der Waals surface area contributed by atoms with E-state index in [2.05, 4.69) is 15.7 Å². The number of carbonyl (C=O) groups is 1. The van der Waals surface area contributed by atoms with Crippen LogP contribution in [0.25, 0.3) is 11.1 Å². The van der Waals surface area contributed by atoms with Crippen LogP contribution in [-0.4, -0.2) is 35.1 Å². The molecule has 1 aliphatic heterocycles. The topological polar surface area (TPSA) is 68.2 Å². The van der Waals surface area contributed by atoms with Crippen LogP contribution in [0.3, 0.4) is 0 Å². The average molecular weight is 300 g/mol. The number of carbonyl (C=O) groups excluding carboxylic acids is 1. The molecule has 1 aliphatic rings. The van der Waals surface area contributed by atoms with E-state index in [1.54, 1.807) is 4.68 Å². The molecule has 116 valence electrons. The highest BCUT2D eigenvalue weighted by molar-refractivity contribution is 5.92. The van der Waals surface area contributed by atoms with Gasteiger partial charge in [-0.25, -0.2) is 4.79 Å². The lowest BCUT2D eigenvalue weighted by atomic mass is 10.1. The quantitative estimate of drug-likeness (QED) is 0.911. The molecule has 22 heavy (non-hydrogen) atoms. The van der Waals surface area contributed by atoms with E-state index in [1.807, 2.05) is 43.6 Å². The molecule has 1 aromatic heterocycles. The van der Waals surface area contributed by atoms with Crippen LogP contribution in [0.2, 0.25) is 0 Å². The van der Waals surface area contributed by atoms with E-state index in [9.17, 15) is 4.79 Å². The Kier molecular flexibility index (Phi) is 4.39. The number of urea groups is 1. The van der Waals surface area contributed by atoms with Crippen LogP contribution < -0.4 is 10.6 Å². The summed E-state index contributed by atoms with van der Waals surface area (Å²) in [4.78, 5) is 12.0. The van der Waals surface area contributed by atoms with Crippen molar-refractivity contribution in [1.82, 2.24) is 15.1 Å². The molecule has 2 heterocycles. The fourth-order valence-electron chi connectivity index (χ4n) is 2.57. The van der Waals surface area contributed by atoms with Gasteiger partial charge in [0, 0.05) is 32.0 Å². The first-order chi connectivity index (χ1) is 10.7. The maximum atomic E-state index is 12.0. The highest BCUT2D eigenvalue weighted by Crippen LogP contribution is 2.26. The fourth-order valence-corrected chi connectivity index (χ4v) is 2.57. The van der Waals surface area contributed by atoms with Gasteiger partial charge in [-0.1, -0.05) is 30.3 Å². The normalized spacial score (nSPS) is 17.4. The van der Waals surface area contributed by atoms with Crippen molar-refractivity contribution in [3.8, 4) is 11.1 Å². The molecule has 1 saturated heterocycles. The van der Waals surface area contributed by atoms with Crippen LogP contribution in [0.1, 0.15) is 12.8 Å². The van der Waals surface area contributed by atoms with E-state index in [0.29, 0.717) is 12.4 Å². The van der Waals surface area contributed by atoms with E-state index in [-0.39, 0.29) is 12.1 Å². The standard InChI is InChI=1S/C16H20N4O2/c1-20-11-14(12-6-3-2-4-7-12)15(19-20)18-16(21)17-10-13-8-5-9-22-13/h2-4,6-7,11,13H,5,8-10H2,1H3,(H2,17,18,19,21)/t13-/m1/s1. The van der Waals surface area contributed by atoms with Crippen molar-refractivity contribution in [2.75, 3.05) is 18.5 Å². The Morgan fingerprint density at radius 2 is 2.23 bits per heavy atom. The number of nitrogens with zero attached hydrogens (tertiary/aromatic N) is 2. The van der Waals surface area contributed by atoms with Gasteiger partial charge < -0.3 is 10.1 Å². The van der Waals surface area contributed by atoms with Crippen LogP contribution in [0.15, 0.2) is 36.5 Å². The first kappa shape index (κ1) is 14.6.